The number of aromatic carboxylic acids is 1. The molecule has 2 atom stereocenters. The number of carboxylic acid groups (broad SMARTS) is 1. The molecule has 21 heavy (non-hydrogen) atoms. The summed E-state index contributed by atoms with van der Waals surface area (Å²) in [6.07, 6.45) is 4.52. The third kappa shape index (κ3) is 4.06. The van der Waals surface area contributed by atoms with Gasteiger partial charge in [0.05, 0.1) is 3.79 Å². The number of thiophene rings is 1. The van der Waals surface area contributed by atoms with Crippen LogP contribution in [0.25, 0.3) is 0 Å². The Labute approximate surface area is 136 Å². The van der Waals surface area contributed by atoms with Crippen molar-refractivity contribution >= 4 is 43.3 Å². The van der Waals surface area contributed by atoms with E-state index in [4.69, 9.17) is 5.11 Å². The van der Waals surface area contributed by atoms with E-state index < -0.39 is 16.0 Å². The number of rotatable bonds is 5. The van der Waals surface area contributed by atoms with Gasteiger partial charge in [-0.15, -0.1) is 11.3 Å². The van der Waals surface area contributed by atoms with E-state index >= 15 is 0 Å². The lowest BCUT2D eigenvalue weighted by Gasteiger charge is -2.28. The number of carbonyl (C=O) groups is 1. The number of carboxylic acids is 1. The highest BCUT2D eigenvalue weighted by Crippen LogP contribution is 2.33. The van der Waals surface area contributed by atoms with Crippen LogP contribution in [0, 0.1) is 11.8 Å². The van der Waals surface area contributed by atoms with Crippen LogP contribution in [0.3, 0.4) is 0 Å². The molecule has 5 nitrogen and oxygen atoms in total. The molecule has 2 rings (SSSR count). The average molecular weight is 396 g/mol. The summed E-state index contributed by atoms with van der Waals surface area (Å²) in [5.41, 5.74) is 0. The van der Waals surface area contributed by atoms with Crippen LogP contribution in [0.2, 0.25) is 0 Å². The Balaban J connectivity index is 2.09. The van der Waals surface area contributed by atoms with E-state index in [9.17, 15) is 13.2 Å². The average Bonchev–Trinajstić information content (AvgIpc) is 2.81. The summed E-state index contributed by atoms with van der Waals surface area (Å²) in [6.45, 7) is 2.56. The van der Waals surface area contributed by atoms with Gasteiger partial charge in [-0.3, -0.25) is 0 Å². The molecule has 8 heteroatoms. The van der Waals surface area contributed by atoms with E-state index in [-0.39, 0.29) is 9.77 Å². The van der Waals surface area contributed by atoms with Crippen LogP contribution < -0.4 is 4.72 Å². The molecule has 0 aliphatic heterocycles. The van der Waals surface area contributed by atoms with Gasteiger partial charge in [0.25, 0.3) is 0 Å². The fourth-order valence-corrected chi connectivity index (χ4v) is 6.13. The molecule has 2 unspecified atom stereocenters. The maximum absolute atomic E-state index is 12.3. The van der Waals surface area contributed by atoms with Crippen molar-refractivity contribution in [3.63, 3.8) is 0 Å². The highest BCUT2D eigenvalue weighted by atomic mass is 79.9. The van der Waals surface area contributed by atoms with Gasteiger partial charge in [-0.1, -0.05) is 26.2 Å². The van der Waals surface area contributed by atoms with Gasteiger partial charge in [-0.2, -0.15) is 0 Å². The standard InChI is InChI=1S/C13H18BrNO4S2/c1-8-4-2-3-5-9(8)7-15-21(18,19)11-6-10(13(16)17)20-12(11)14/h6,8-9,15H,2-5,7H2,1H3,(H,16,17). The summed E-state index contributed by atoms with van der Waals surface area (Å²) in [6, 6.07) is 1.20. The van der Waals surface area contributed by atoms with Crippen molar-refractivity contribution in [3.05, 3.63) is 14.7 Å². The van der Waals surface area contributed by atoms with Crippen LogP contribution >= 0.6 is 27.3 Å². The maximum atomic E-state index is 12.3. The van der Waals surface area contributed by atoms with Crippen LogP contribution in [0.1, 0.15) is 42.3 Å². The summed E-state index contributed by atoms with van der Waals surface area (Å²) in [5, 5.41) is 8.93. The second kappa shape index (κ2) is 6.76. The van der Waals surface area contributed by atoms with E-state index in [1.54, 1.807) is 0 Å². The first kappa shape index (κ1) is 16.9. The van der Waals surface area contributed by atoms with Gasteiger partial charge in [-0.25, -0.2) is 17.9 Å². The number of nitrogens with one attached hydrogen (secondary N) is 1. The summed E-state index contributed by atoms with van der Waals surface area (Å²) >= 11 is 4.04. The first-order valence-corrected chi connectivity index (χ1v) is 9.93. The predicted molar refractivity (Wildman–Crippen MR) is 85.3 cm³/mol. The van der Waals surface area contributed by atoms with Gasteiger partial charge in [0.1, 0.15) is 9.77 Å². The van der Waals surface area contributed by atoms with Crippen molar-refractivity contribution in [2.24, 2.45) is 11.8 Å². The van der Waals surface area contributed by atoms with E-state index in [1.807, 2.05) is 0 Å². The van der Waals surface area contributed by atoms with Crippen LogP contribution in [0.4, 0.5) is 0 Å². The normalized spacial score (nSPS) is 23.1. The number of hydrogen-bond donors (Lipinski definition) is 2. The molecule has 0 spiro atoms. The summed E-state index contributed by atoms with van der Waals surface area (Å²) in [5.74, 6) is -0.255. The van der Waals surface area contributed by atoms with Gasteiger partial charge in [0.15, 0.2) is 0 Å². The summed E-state index contributed by atoms with van der Waals surface area (Å²) in [4.78, 5) is 10.9. The molecule has 1 aliphatic carbocycles. The van der Waals surface area contributed by atoms with Gasteiger partial charge >= 0.3 is 5.97 Å². The van der Waals surface area contributed by atoms with Crippen LogP contribution in [0.15, 0.2) is 14.7 Å². The molecule has 1 heterocycles. The van der Waals surface area contributed by atoms with E-state index in [0.717, 1.165) is 30.6 Å². The SMILES string of the molecule is CC1CCCCC1CNS(=O)(=O)c1cc(C(=O)O)sc1Br. The molecule has 1 aliphatic rings. The molecule has 0 bridgehead atoms. The van der Waals surface area contributed by atoms with Crippen molar-refractivity contribution < 1.29 is 18.3 Å². The number of sulfonamides is 1. The summed E-state index contributed by atoms with van der Waals surface area (Å²) < 4.78 is 27.6. The molecule has 0 amide bonds. The Kier molecular flexibility index (Phi) is 5.45. The Hall–Kier alpha value is -0.440. The zero-order valence-corrected chi connectivity index (χ0v) is 14.9. The Morgan fingerprint density at radius 1 is 1.48 bits per heavy atom. The fourth-order valence-electron chi connectivity index (χ4n) is 2.63. The van der Waals surface area contributed by atoms with Crippen molar-refractivity contribution in [1.29, 1.82) is 0 Å². The molecule has 1 saturated carbocycles. The molecular weight excluding hydrogens is 378 g/mol. The van der Waals surface area contributed by atoms with Crippen LogP contribution in [-0.2, 0) is 10.0 Å². The third-order valence-corrected chi connectivity index (χ3v) is 7.64. The highest BCUT2D eigenvalue weighted by molar-refractivity contribution is 9.11. The quantitative estimate of drug-likeness (QED) is 0.800. The first-order valence-electron chi connectivity index (χ1n) is 6.83. The number of halogens is 1. The molecule has 1 fully saturated rings. The molecule has 0 radical (unpaired) electrons. The van der Waals surface area contributed by atoms with Gasteiger partial charge < -0.3 is 5.11 Å². The van der Waals surface area contributed by atoms with E-state index in [2.05, 4.69) is 27.6 Å². The molecule has 2 N–H and O–H groups in total. The molecule has 0 saturated heterocycles. The predicted octanol–water partition coefficient (Wildman–Crippen LogP) is 3.31. The maximum Gasteiger partial charge on any atom is 0.345 e. The van der Waals surface area contributed by atoms with Crippen molar-refractivity contribution in [1.82, 2.24) is 4.72 Å². The van der Waals surface area contributed by atoms with E-state index in [1.165, 1.54) is 12.5 Å². The summed E-state index contributed by atoms with van der Waals surface area (Å²) in [7, 11) is -3.68. The Morgan fingerprint density at radius 2 is 2.14 bits per heavy atom. The second-order valence-electron chi connectivity index (χ2n) is 5.43. The van der Waals surface area contributed by atoms with Gasteiger partial charge in [0, 0.05) is 6.54 Å². The number of hydrogen-bond acceptors (Lipinski definition) is 4. The lowest BCUT2D eigenvalue weighted by molar-refractivity contribution is 0.0702. The third-order valence-electron chi connectivity index (χ3n) is 3.98. The van der Waals surface area contributed by atoms with Crippen molar-refractivity contribution in [3.8, 4) is 0 Å². The lowest BCUT2D eigenvalue weighted by Crippen LogP contribution is -2.33. The minimum atomic E-state index is -3.68. The van der Waals surface area contributed by atoms with E-state index in [0.29, 0.717) is 22.2 Å². The zero-order chi connectivity index (χ0) is 15.6. The minimum Gasteiger partial charge on any atom is -0.477 e. The largest absolute Gasteiger partial charge is 0.477 e. The fraction of sp³-hybridized carbons (Fsp3) is 0.615. The van der Waals surface area contributed by atoms with Crippen molar-refractivity contribution in [2.75, 3.05) is 6.54 Å². The Bertz CT molecular complexity index is 626. The molecular formula is C13H18BrNO4S2. The van der Waals surface area contributed by atoms with Crippen molar-refractivity contribution in [2.45, 2.75) is 37.5 Å². The monoisotopic (exact) mass is 395 g/mol. The van der Waals surface area contributed by atoms with Crippen LogP contribution in [0.5, 0.6) is 0 Å². The molecule has 1 aromatic heterocycles. The van der Waals surface area contributed by atoms with Gasteiger partial charge in [-0.05, 0) is 40.3 Å². The minimum absolute atomic E-state index is 0.00767. The highest BCUT2D eigenvalue weighted by Gasteiger charge is 2.26. The molecule has 1 aromatic rings. The van der Waals surface area contributed by atoms with Gasteiger partial charge in [0.2, 0.25) is 10.0 Å². The first-order chi connectivity index (χ1) is 9.81. The zero-order valence-electron chi connectivity index (χ0n) is 11.6. The topological polar surface area (TPSA) is 83.5 Å². The lowest BCUT2D eigenvalue weighted by atomic mass is 9.81. The molecule has 0 aromatic carbocycles. The Morgan fingerprint density at radius 3 is 2.71 bits per heavy atom. The molecule has 118 valence electrons. The smallest absolute Gasteiger partial charge is 0.345 e. The second-order valence-corrected chi connectivity index (χ2v) is 9.53. The van der Waals surface area contributed by atoms with Crippen LogP contribution in [-0.4, -0.2) is 26.0 Å².